The Morgan fingerprint density at radius 1 is 0.591 bits per heavy atom. The van der Waals surface area contributed by atoms with Crippen molar-refractivity contribution in [3.63, 3.8) is 0 Å². The first-order chi connectivity index (χ1) is 31.2. The summed E-state index contributed by atoms with van der Waals surface area (Å²) < 4.78 is 11.3. The second-order valence-corrected chi connectivity index (χ2v) is 20.0. The maximum atomic E-state index is 6.67. The second kappa shape index (κ2) is 14.9. The summed E-state index contributed by atoms with van der Waals surface area (Å²) >= 11 is 0. The molecule has 5 heterocycles. The largest absolute Gasteiger partial charge is 2.00 e. The van der Waals surface area contributed by atoms with Crippen molar-refractivity contribution in [1.82, 2.24) is 24.1 Å². The zero-order chi connectivity index (χ0) is 44.7. The Morgan fingerprint density at radius 2 is 1.32 bits per heavy atom. The minimum absolute atomic E-state index is 0. The molecule has 0 aliphatic rings. The average Bonchev–Trinajstić information content (AvgIpc) is 4.06. The van der Waals surface area contributed by atoms with Crippen LogP contribution in [-0.2, 0) is 31.9 Å². The molecule has 0 fully saturated rings. The van der Waals surface area contributed by atoms with E-state index >= 15 is 0 Å². The van der Waals surface area contributed by atoms with Gasteiger partial charge in [0.25, 0.3) is 0 Å². The number of furan rings is 1. The van der Waals surface area contributed by atoms with Crippen molar-refractivity contribution >= 4 is 76.6 Å². The summed E-state index contributed by atoms with van der Waals surface area (Å²) in [5, 5.41) is 6.62. The molecule has 0 radical (unpaired) electrons. The van der Waals surface area contributed by atoms with Crippen molar-refractivity contribution in [2.75, 3.05) is 0 Å². The Morgan fingerprint density at radius 3 is 2.09 bits per heavy atom. The molecule has 7 aromatic carbocycles. The minimum atomic E-state index is -0.175. The van der Waals surface area contributed by atoms with Gasteiger partial charge in [-0.1, -0.05) is 131 Å². The van der Waals surface area contributed by atoms with E-state index in [-0.39, 0.29) is 31.9 Å². The zero-order valence-electron chi connectivity index (χ0n) is 38.7. The van der Waals surface area contributed by atoms with Crippen LogP contribution in [0.2, 0.25) is 0 Å². The van der Waals surface area contributed by atoms with E-state index in [4.69, 9.17) is 19.4 Å². The quantitative estimate of drug-likeness (QED) is 0.165. The van der Waals surface area contributed by atoms with Crippen molar-refractivity contribution < 1.29 is 25.5 Å². The number of imidazole rings is 1. The van der Waals surface area contributed by atoms with Crippen LogP contribution in [0.15, 0.2) is 138 Å². The van der Waals surface area contributed by atoms with Gasteiger partial charge in [-0.2, -0.15) is 0 Å². The predicted molar refractivity (Wildman–Crippen MR) is 270 cm³/mol. The summed E-state index contributed by atoms with van der Waals surface area (Å²) in [5.74, 6) is 1.59. The van der Waals surface area contributed by atoms with Crippen LogP contribution >= 0.6 is 0 Å². The number of hydrogen-bond acceptors (Lipinski definition) is 3. The fourth-order valence-corrected chi connectivity index (χ4v) is 9.96. The van der Waals surface area contributed by atoms with E-state index < -0.39 is 0 Å². The van der Waals surface area contributed by atoms with Gasteiger partial charge in [-0.3, -0.25) is 4.57 Å². The standard InChI is InChI=1S/C59H49N5O.Pt/c1-33-27-39(28-34(2)35(33)3)63-51-32-38(59(7,8)9)31-46(54(51)62-56(63)45-18-14-17-43-40-15-10-12-19-48(40)61-53(43)45)36-21-23-41-47-30-37(58(4,5)6)22-24-49(47)64(50(41)29-36)57-55-44(25-26-60-57)42-16-11-13-20-52(42)65-55;/h10-28,30-32H,1-9H3;/q-2;+2. The van der Waals surface area contributed by atoms with E-state index in [1.54, 1.807) is 0 Å². The molecule has 0 aliphatic carbocycles. The van der Waals surface area contributed by atoms with Gasteiger partial charge in [-0.15, -0.1) is 34.8 Å². The number of hydrogen-bond donors (Lipinski definition) is 0. The molecule has 0 unspecified atom stereocenters. The first-order valence-corrected chi connectivity index (χ1v) is 22.6. The summed E-state index contributed by atoms with van der Waals surface area (Å²) in [6.07, 6.45) is 1.90. The monoisotopic (exact) mass is 1040 g/mol. The summed E-state index contributed by atoms with van der Waals surface area (Å²) in [5.41, 5.74) is 17.5. The summed E-state index contributed by atoms with van der Waals surface area (Å²) in [4.78, 5) is 16.1. The van der Waals surface area contributed by atoms with Crippen LogP contribution in [0.1, 0.15) is 69.4 Å². The fourth-order valence-electron chi connectivity index (χ4n) is 9.96. The van der Waals surface area contributed by atoms with Gasteiger partial charge in [0.05, 0.1) is 11.0 Å². The first kappa shape index (κ1) is 41.9. The van der Waals surface area contributed by atoms with Crippen LogP contribution in [0, 0.1) is 26.8 Å². The molecule has 0 bridgehead atoms. The third-order valence-electron chi connectivity index (χ3n) is 13.8. The van der Waals surface area contributed by atoms with Gasteiger partial charge in [0, 0.05) is 33.7 Å². The van der Waals surface area contributed by atoms with Gasteiger partial charge in [0.15, 0.2) is 11.4 Å². The molecule has 12 aromatic rings. The Kier molecular flexibility index (Phi) is 9.45. The van der Waals surface area contributed by atoms with Gasteiger partial charge in [-0.05, 0) is 117 Å². The Labute approximate surface area is 398 Å². The SMILES string of the molecule is Cc1cc(-n2c(-c3cccc4c3[n-]c3ccccc34)nc3c(-c4[c-]c5c(cc4)c4cc(C(C)(C)C)ccc4n5-c4nccc5c4oc4ccccc45)cc(C(C)(C)C)cc32)cc(C)c1C.[Pt+2]. The number of rotatable bonds is 4. The molecule has 326 valence electrons. The normalized spacial score (nSPS) is 12.5. The van der Waals surface area contributed by atoms with Crippen molar-refractivity contribution in [2.24, 2.45) is 0 Å². The van der Waals surface area contributed by atoms with Crippen LogP contribution < -0.4 is 4.98 Å². The van der Waals surface area contributed by atoms with Gasteiger partial charge < -0.3 is 14.0 Å². The van der Waals surface area contributed by atoms with Crippen molar-refractivity contribution in [3.8, 4) is 34.0 Å². The molecule has 12 rings (SSSR count). The van der Waals surface area contributed by atoms with Gasteiger partial charge in [0.1, 0.15) is 11.4 Å². The molecule has 0 atom stereocenters. The third kappa shape index (κ3) is 6.32. The van der Waals surface area contributed by atoms with Crippen molar-refractivity contribution in [2.45, 2.75) is 73.1 Å². The van der Waals surface area contributed by atoms with E-state index in [1.165, 1.54) is 27.8 Å². The van der Waals surface area contributed by atoms with Crippen LogP contribution in [-0.4, -0.2) is 19.1 Å². The van der Waals surface area contributed by atoms with E-state index in [0.29, 0.717) is 0 Å². The van der Waals surface area contributed by atoms with Crippen LogP contribution in [0.3, 0.4) is 0 Å². The zero-order valence-corrected chi connectivity index (χ0v) is 40.9. The number of aryl methyl sites for hydroxylation is 2. The minimum Gasteiger partial charge on any atom is -0.656 e. The number of para-hydroxylation sites is 3. The maximum absolute atomic E-state index is 6.67. The smallest absolute Gasteiger partial charge is 0.656 e. The van der Waals surface area contributed by atoms with Crippen LogP contribution in [0.4, 0.5) is 0 Å². The van der Waals surface area contributed by atoms with Crippen LogP contribution in [0.25, 0.3) is 111 Å². The van der Waals surface area contributed by atoms with E-state index in [1.807, 2.05) is 18.3 Å². The van der Waals surface area contributed by atoms with E-state index in [0.717, 1.165) is 111 Å². The molecule has 0 saturated heterocycles. The van der Waals surface area contributed by atoms with E-state index in [9.17, 15) is 0 Å². The topological polar surface area (TPSA) is 62.9 Å². The Hall–Kier alpha value is -6.75. The number of nitrogens with zero attached hydrogens (tertiary/aromatic N) is 5. The molecule has 5 aromatic heterocycles. The average molecular weight is 1040 g/mol. The number of fused-ring (bicyclic) bond motifs is 10. The molecular weight excluding hydrogens is 990 g/mol. The number of pyridine rings is 1. The Balaban J connectivity index is 0.00000481. The molecule has 6 nitrogen and oxygen atoms in total. The number of benzene rings is 7. The molecule has 7 heteroatoms. The van der Waals surface area contributed by atoms with Gasteiger partial charge in [-0.25, -0.2) is 9.97 Å². The molecule has 0 amide bonds. The van der Waals surface area contributed by atoms with Gasteiger partial charge in [0.2, 0.25) is 0 Å². The third-order valence-corrected chi connectivity index (χ3v) is 13.8. The predicted octanol–water partition coefficient (Wildman–Crippen LogP) is 15.3. The Bertz CT molecular complexity index is 3930. The first-order valence-electron chi connectivity index (χ1n) is 22.6. The summed E-state index contributed by atoms with van der Waals surface area (Å²) in [7, 11) is 0. The molecule has 0 N–H and O–H groups in total. The molecule has 66 heavy (non-hydrogen) atoms. The number of aromatic nitrogens is 5. The molecular formula is C59H49N5OPt. The molecule has 0 saturated carbocycles. The van der Waals surface area contributed by atoms with E-state index in [2.05, 4.69) is 193 Å². The van der Waals surface area contributed by atoms with Crippen molar-refractivity contribution in [3.05, 3.63) is 167 Å². The summed E-state index contributed by atoms with van der Waals surface area (Å²) in [6.45, 7) is 20.3. The van der Waals surface area contributed by atoms with Crippen LogP contribution in [0.5, 0.6) is 0 Å². The second-order valence-electron chi connectivity index (χ2n) is 20.0. The summed E-state index contributed by atoms with van der Waals surface area (Å²) in [6, 6.07) is 49.9. The fraction of sp³-hybridized carbons (Fsp3) is 0.186. The van der Waals surface area contributed by atoms with Gasteiger partial charge >= 0.3 is 21.1 Å². The molecule has 0 aliphatic heterocycles. The maximum Gasteiger partial charge on any atom is 2.00 e. The van der Waals surface area contributed by atoms with Crippen molar-refractivity contribution in [1.29, 1.82) is 0 Å². The molecule has 0 spiro atoms.